The summed E-state index contributed by atoms with van der Waals surface area (Å²) < 4.78 is 0. The fourth-order valence-corrected chi connectivity index (χ4v) is 5.59. The van der Waals surface area contributed by atoms with E-state index >= 15 is 0 Å². The first-order valence-electron chi connectivity index (χ1n) is 13.8. The number of benzene rings is 4. The molecule has 223 valence electrons. The Morgan fingerprint density at radius 3 is 0.822 bits per heavy atom. The third kappa shape index (κ3) is 4.91. The summed E-state index contributed by atoms with van der Waals surface area (Å²) in [6, 6.07) is 32.2. The maximum atomic E-state index is 5.02. The van der Waals surface area contributed by atoms with Crippen molar-refractivity contribution in [2.45, 2.75) is 0 Å². The van der Waals surface area contributed by atoms with E-state index in [4.69, 9.17) is 49.0 Å². The number of fused-ring (bicyclic) bond motifs is 20. The molecule has 2 aliphatic heterocycles. The molecule has 12 nitrogen and oxygen atoms in total. The molecule has 0 fully saturated rings. The predicted octanol–water partition coefficient (Wildman–Crippen LogP) is 4.50. The number of rotatable bonds is 0. The molecule has 0 radical (unpaired) electrons. The molecule has 0 spiro atoms. The van der Waals surface area contributed by atoms with Crippen LogP contribution in [0.1, 0.15) is 0 Å². The fraction of sp³-hybridized carbons (Fsp3) is 0. The van der Waals surface area contributed by atoms with E-state index in [0.717, 1.165) is 43.8 Å². The molecule has 0 amide bonds. The molecule has 2 aliphatic rings. The van der Waals surface area contributed by atoms with Gasteiger partial charge < -0.3 is 9.97 Å². The third-order valence-corrected chi connectivity index (χ3v) is 7.46. The quantitative estimate of drug-likeness (QED) is 0.137. The molecule has 13 heteroatoms. The first-order chi connectivity index (χ1) is 21.8. The van der Waals surface area contributed by atoms with E-state index in [-0.39, 0.29) is 0 Å². The molecule has 9 rings (SSSR count). The van der Waals surface area contributed by atoms with Gasteiger partial charge in [0.15, 0.2) is 23.3 Å². The molecule has 10 N–H and O–H groups in total. The molecule has 0 saturated carbocycles. The Bertz CT molecular complexity index is 2130. The zero-order valence-electron chi connectivity index (χ0n) is 23.6. The van der Waals surface area contributed by atoms with Gasteiger partial charge in [-0.2, -0.15) is 0 Å². The first kappa shape index (κ1) is 27.2. The second-order valence-electron chi connectivity index (χ2n) is 10.5. The Morgan fingerprint density at radius 2 is 0.578 bits per heavy atom. The van der Waals surface area contributed by atoms with Gasteiger partial charge in [-0.3, -0.25) is 0 Å². The summed E-state index contributed by atoms with van der Waals surface area (Å²) >= 11 is -2.38. The molecule has 0 unspecified atom stereocenters. The van der Waals surface area contributed by atoms with E-state index < -0.39 is 13.5 Å². The largest absolute Gasteiger partial charge is 0.324 e. The number of hydrogen-bond donors (Lipinski definition) is 6. The average Bonchev–Trinajstić information content (AvgIpc) is 3.76. The molecular formula is C32H26CoN12. The smallest absolute Gasteiger partial charge is 0.164 e. The van der Waals surface area contributed by atoms with Gasteiger partial charge in [-0.25, -0.2) is 29.9 Å². The Hall–Kier alpha value is -5.41. The molecule has 8 bridgehead atoms. The van der Waals surface area contributed by atoms with Crippen molar-refractivity contribution in [3.05, 3.63) is 97.1 Å². The van der Waals surface area contributed by atoms with Crippen molar-refractivity contribution < 1.29 is 13.5 Å². The predicted molar refractivity (Wildman–Crippen MR) is 173 cm³/mol. The van der Waals surface area contributed by atoms with E-state index in [2.05, 4.69) is 9.97 Å². The number of hydrogen-bond acceptors (Lipinski definition) is 10. The minimum Gasteiger partial charge on any atom is -0.324 e. The number of nitrogens with two attached hydrogens (primary N) is 4. The van der Waals surface area contributed by atoms with E-state index in [1.165, 1.54) is 0 Å². The number of H-pyrrole nitrogens is 2. The van der Waals surface area contributed by atoms with Gasteiger partial charge in [0.25, 0.3) is 0 Å². The van der Waals surface area contributed by atoms with Crippen molar-refractivity contribution in [2.24, 2.45) is 19.1 Å². The summed E-state index contributed by atoms with van der Waals surface area (Å²) in [5, 5.41) is 3.82. The zero-order chi connectivity index (χ0) is 30.7. The van der Waals surface area contributed by atoms with Gasteiger partial charge >= 0.3 is 32.6 Å². The summed E-state index contributed by atoms with van der Waals surface area (Å²) in [6.45, 7) is 0. The topological polar surface area (TPSA) is 213 Å². The molecule has 5 heterocycles. The summed E-state index contributed by atoms with van der Waals surface area (Å²) in [7, 11) is 0. The van der Waals surface area contributed by atoms with E-state index in [0.29, 0.717) is 45.9 Å². The van der Waals surface area contributed by atoms with Gasteiger partial charge in [-0.1, -0.05) is 97.1 Å². The Kier molecular flexibility index (Phi) is 6.24. The van der Waals surface area contributed by atoms with Gasteiger partial charge in [-0.15, -0.1) is 0 Å². The maximum absolute atomic E-state index is 5.02. The van der Waals surface area contributed by atoms with Crippen molar-refractivity contribution in [1.29, 1.82) is 0 Å². The molecule has 3 aromatic heterocycles. The summed E-state index contributed by atoms with van der Waals surface area (Å²) in [5.41, 5.74) is 6.45. The van der Waals surface area contributed by atoms with Gasteiger partial charge in [0.05, 0.1) is 0 Å². The minimum atomic E-state index is -2.38. The number of nitrogens with zero attached hydrogens (tertiary/aromatic N) is 6. The van der Waals surface area contributed by atoms with Crippen LogP contribution in [-0.2, 0) is 13.5 Å². The molecule has 45 heavy (non-hydrogen) atoms. The maximum Gasteiger partial charge on any atom is 0.164 e. The average molecular weight is 638 g/mol. The number of aromatic nitrogens is 8. The minimum absolute atomic E-state index is 0.597. The van der Waals surface area contributed by atoms with Gasteiger partial charge in [0.1, 0.15) is 22.6 Å². The van der Waals surface area contributed by atoms with Crippen LogP contribution in [0.15, 0.2) is 97.1 Å². The van der Waals surface area contributed by atoms with Crippen LogP contribution >= 0.6 is 0 Å². The zero-order valence-corrected chi connectivity index (χ0v) is 24.6. The SMILES string of the molecule is [NH2][Co]([NH2])([NH2])[NH2].c1ccc2c(c1)-c1nc-2nc2[nH]c(nc3nc(nc4[nH]c(n1)c1ccccc41)-c1ccccc1-3)c1ccccc21. The van der Waals surface area contributed by atoms with Gasteiger partial charge in [-0.05, 0) is 0 Å². The number of aromatic amines is 2. The fourth-order valence-electron chi connectivity index (χ4n) is 5.59. The molecule has 0 aliphatic carbocycles. The second-order valence-corrected chi connectivity index (χ2v) is 12.5. The van der Waals surface area contributed by atoms with Crippen molar-refractivity contribution >= 4 is 44.1 Å². The Labute approximate surface area is 258 Å². The molecular weight excluding hydrogens is 611 g/mol. The van der Waals surface area contributed by atoms with Crippen molar-refractivity contribution in [3.8, 4) is 45.6 Å². The van der Waals surface area contributed by atoms with Crippen molar-refractivity contribution in [3.63, 3.8) is 0 Å². The molecule has 0 atom stereocenters. The molecule has 4 aromatic carbocycles. The van der Waals surface area contributed by atoms with E-state index in [1.807, 2.05) is 97.1 Å². The normalized spacial score (nSPS) is 12.4. The van der Waals surface area contributed by atoms with Crippen LogP contribution in [0.3, 0.4) is 0 Å². The summed E-state index contributed by atoms with van der Waals surface area (Å²) in [5.74, 6) is 2.39. The van der Waals surface area contributed by atoms with Crippen LogP contribution in [0.5, 0.6) is 0 Å². The van der Waals surface area contributed by atoms with Crippen LogP contribution in [0.4, 0.5) is 0 Å². The standard InChI is InChI=1S/C32H18N8.Co.4H2N/c1-2-10-18-17(9-1)25-33-26(18)38-28-21-13-5-6-14-22(21)30(35-28)40-32-24-16-8-7-15-23(24)31(36-32)39-29-20-12-4-3-11-19(20)27(34-29)37-25;;;;;/h1-16H,(H2,33,34,35,36,37,38,39,40);;4*1H2/q;+4;4*-1. The van der Waals surface area contributed by atoms with Gasteiger partial charge in [0, 0.05) is 43.8 Å². The van der Waals surface area contributed by atoms with Crippen LogP contribution < -0.4 is 19.1 Å². The van der Waals surface area contributed by atoms with Gasteiger partial charge in [0.2, 0.25) is 0 Å². The van der Waals surface area contributed by atoms with E-state index in [1.54, 1.807) is 0 Å². The molecule has 7 aromatic rings. The van der Waals surface area contributed by atoms with Crippen molar-refractivity contribution in [2.75, 3.05) is 0 Å². The third-order valence-electron chi connectivity index (χ3n) is 7.46. The van der Waals surface area contributed by atoms with Crippen LogP contribution in [0.25, 0.3) is 89.7 Å². The summed E-state index contributed by atoms with van der Waals surface area (Å²) in [6.07, 6.45) is 0. The second kappa shape index (κ2) is 10.3. The molecule has 0 saturated heterocycles. The monoisotopic (exact) mass is 637 g/mol. The van der Waals surface area contributed by atoms with Crippen LogP contribution in [-0.4, -0.2) is 39.9 Å². The first-order valence-corrected chi connectivity index (χ1v) is 16.2. The van der Waals surface area contributed by atoms with E-state index in [9.17, 15) is 0 Å². The Balaban J connectivity index is 0.000000560. The summed E-state index contributed by atoms with van der Waals surface area (Å²) in [4.78, 5) is 56.0. The number of nitrogens with one attached hydrogen (secondary N) is 2. The Morgan fingerprint density at radius 1 is 0.356 bits per heavy atom. The van der Waals surface area contributed by atoms with Crippen LogP contribution in [0, 0.1) is 0 Å². The van der Waals surface area contributed by atoms with Crippen molar-refractivity contribution in [1.82, 2.24) is 39.9 Å². The van der Waals surface area contributed by atoms with Crippen LogP contribution in [0.2, 0.25) is 0 Å².